The van der Waals surface area contributed by atoms with E-state index in [1.54, 1.807) is 43.3 Å². The van der Waals surface area contributed by atoms with E-state index in [0.717, 1.165) is 0 Å². The maximum Gasteiger partial charge on any atom is 0.254 e. The van der Waals surface area contributed by atoms with E-state index in [1.807, 2.05) is 6.07 Å². The Labute approximate surface area is 123 Å². The van der Waals surface area contributed by atoms with Gasteiger partial charge in [0.2, 0.25) is 5.91 Å². The van der Waals surface area contributed by atoms with Gasteiger partial charge in [0.25, 0.3) is 5.91 Å². The second kappa shape index (κ2) is 6.37. The van der Waals surface area contributed by atoms with Crippen LogP contribution in [0.15, 0.2) is 24.3 Å². The summed E-state index contributed by atoms with van der Waals surface area (Å²) < 4.78 is 0. The van der Waals surface area contributed by atoms with E-state index >= 15 is 0 Å². The fraction of sp³-hybridized carbons (Fsp3) is 0.400. The van der Waals surface area contributed by atoms with Crippen LogP contribution >= 0.6 is 0 Å². The SMILES string of the molecule is CN(C)C(=O)C1CNCCN1C(=O)c1cccc(C#N)c1. The van der Waals surface area contributed by atoms with Crippen molar-refractivity contribution in [2.45, 2.75) is 6.04 Å². The van der Waals surface area contributed by atoms with Crippen molar-refractivity contribution in [3.63, 3.8) is 0 Å². The molecular formula is C15H18N4O2. The minimum atomic E-state index is -0.507. The highest BCUT2D eigenvalue weighted by atomic mass is 16.2. The van der Waals surface area contributed by atoms with Crippen molar-refractivity contribution >= 4 is 11.8 Å². The molecule has 0 radical (unpaired) electrons. The Hall–Kier alpha value is -2.39. The fourth-order valence-electron chi connectivity index (χ4n) is 2.35. The summed E-state index contributed by atoms with van der Waals surface area (Å²) in [7, 11) is 3.35. The average molecular weight is 286 g/mol. The molecule has 0 aromatic heterocycles. The van der Waals surface area contributed by atoms with Crippen LogP contribution in [0.25, 0.3) is 0 Å². The molecule has 2 amide bonds. The van der Waals surface area contributed by atoms with Crippen molar-refractivity contribution in [3.05, 3.63) is 35.4 Å². The zero-order valence-electron chi connectivity index (χ0n) is 12.2. The second-order valence-corrected chi connectivity index (χ2v) is 5.14. The van der Waals surface area contributed by atoms with Crippen molar-refractivity contribution in [3.8, 4) is 6.07 Å². The Morgan fingerprint density at radius 1 is 1.43 bits per heavy atom. The third kappa shape index (κ3) is 3.20. The monoisotopic (exact) mass is 286 g/mol. The summed E-state index contributed by atoms with van der Waals surface area (Å²) in [6.45, 7) is 1.57. The Morgan fingerprint density at radius 2 is 2.19 bits per heavy atom. The lowest BCUT2D eigenvalue weighted by Crippen LogP contribution is -2.59. The predicted octanol–water partition coefficient (Wildman–Crippen LogP) is 0.0605. The quantitative estimate of drug-likeness (QED) is 0.834. The first kappa shape index (κ1) is 15.0. The highest BCUT2D eigenvalue weighted by Crippen LogP contribution is 2.13. The van der Waals surface area contributed by atoms with E-state index in [4.69, 9.17) is 5.26 Å². The van der Waals surface area contributed by atoms with Gasteiger partial charge in [0.15, 0.2) is 0 Å². The first-order chi connectivity index (χ1) is 10.0. The van der Waals surface area contributed by atoms with Crippen molar-refractivity contribution in [1.82, 2.24) is 15.1 Å². The summed E-state index contributed by atoms with van der Waals surface area (Å²) in [5, 5.41) is 12.1. The molecule has 21 heavy (non-hydrogen) atoms. The third-order valence-electron chi connectivity index (χ3n) is 3.47. The lowest BCUT2D eigenvalue weighted by atomic mass is 10.1. The largest absolute Gasteiger partial charge is 0.347 e. The van der Waals surface area contributed by atoms with Crippen LogP contribution in [-0.2, 0) is 4.79 Å². The smallest absolute Gasteiger partial charge is 0.254 e. The van der Waals surface area contributed by atoms with E-state index in [0.29, 0.717) is 30.8 Å². The van der Waals surface area contributed by atoms with Gasteiger partial charge in [0.1, 0.15) is 6.04 Å². The first-order valence-corrected chi connectivity index (χ1v) is 6.77. The molecule has 6 nitrogen and oxygen atoms in total. The Kier molecular flexibility index (Phi) is 4.55. The summed E-state index contributed by atoms with van der Waals surface area (Å²) in [4.78, 5) is 27.9. The number of hydrogen-bond acceptors (Lipinski definition) is 4. The van der Waals surface area contributed by atoms with Gasteiger partial charge in [0, 0.05) is 39.3 Å². The highest BCUT2D eigenvalue weighted by molar-refractivity contribution is 5.98. The lowest BCUT2D eigenvalue weighted by molar-refractivity contribution is -0.134. The number of carbonyl (C=O) groups excluding carboxylic acids is 2. The minimum Gasteiger partial charge on any atom is -0.347 e. The minimum absolute atomic E-state index is 0.105. The van der Waals surface area contributed by atoms with Crippen LogP contribution in [0, 0.1) is 11.3 Å². The van der Waals surface area contributed by atoms with Gasteiger partial charge in [-0.15, -0.1) is 0 Å². The van der Waals surface area contributed by atoms with Crippen molar-refractivity contribution in [2.24, 2.45) is 0 Å². The standard InChI is InChI=1S/C15H18N4O2/c1-18(2)15(21)13-10-17-6-7-19(13)14(20)12-5-3-4-11(8-12)9-16/h3-5,8,13,17H,6-7,10H2,1-2H3. The highest BCUT2D eigenvalue weighted by Gasteiger charge is 2.33. The van der Waals surface area contributed by atoms with Crippen LogP contribution in [0.4, 0.5) is 0 Å². The van der Waals surface area contributed by atoms with Gasteiger partial charge in [0.05, 0.1) is 11.6 Å². The predicted molar refractivity (Wildman–Crippen MR) is 77.5 cm³/mol. The van der Waals surface area contributed by atoms with Gasteiger partial charge in [-0.1, -0.05) is 6.07 Å². The molecule has 2 rings (SSSR count). The number of benzene rings is 1. The Morgan fingerprint density at radius 3 is 2.86 bits per heavy atom. The van der Waals surface area contributed by atoms with Crippen LogP contribution in [-0.4, -0.2) is 61.4 Å². The Balaban J connectivity index is 2.26. The molecule has 0 bridgehead atoms. The molecule has 1 fully saturated rings. The first-order valence-electron chi connectivity index (χ1n) is 6.77. The summed E-state index contributed by atoms with van der Waals surface area (Å²) >= 11 is 0. The molecule has 0 spiro atoms. The number of nitrogens with zero attached hydrogens (tertiary/aromatic N) is 3. The second-order valence-electron chi connectivity index (χ2n) is 5.14. The van der Waals surface area contributed by atoms with Crippen LogP contribution in [0.3, 0.4) is 0 Å². The third-order valence-corrected chi connectivity index (χ3v) is 3.47. The molecule has 6 heteroatoms. The van der Waals surface area contributed by atoms with Crippen molar-refractivity contribution in [2.75, 3.05) is 33.7 Å². The lowest BCUT2D eigenvalue weighted by Gasteiger charge is -2.36. The summed E-state index contributed by atoms with van der Waals surface area (Å²) in [5.41, 5.74) is 0.874. The molecule has 1 saturated heterocycles. The van der Waals surface area contributed by atoms with Crippen molar-refractivity contribution < 1.29 is 9.59 Å². The molecular weight excluding hydrogens is 268 g/mol. The molecule has 110 valence electrons. The fourth-order valence-corrected chi connectivity index (χ4v) is 2.35. The molecule has 1 aromatic rings. The normalized spacial score (nSPS) is 18.0. The van der Waals surface area contributed by atoms with Gasteiger partial charge in [-0.2, -0.15) is 5.26 Å². The van der Waals surface area contributed by atoms with Gasteiger partial charge >= 0.3 is 0 Å². The molecule has 1 aliphatic rings. The average Bonchev–Trinajstić information content (AvgIpc) is 2.53. The number of rotatable bonds is 2. The number of piperazine rings is 1. The van der Waals surface area contributed by atoms with E-state index < -0.39 is 6.04 Å². The molecule has 1 aromatic carbocycles. The number of nitrogens with one attached hydrogen (secondary N) is 1. The molecule has 0 saturated carbocycles. The van der Waals surface area contributed by atoms with Crippen molar-refractivity contribution in [1.29, 1.82) is 5.26 Å². The van der Waals surface area contributed by atoms with Crippen LogP contribution < -0.4 is 5.32 Å². The summed E-state index contributed by atoms with van der Waals surface area (Å²) in [6, 6.07) is 8.06. The summed E-state index contributed by atoms with van der Waals surface area (Å²) in [6.07, 6.45) is 0. The van der Waals surface area contributed by atoms with E-state index in [2.05, 4.69) is 5.32 Å². The van der Waals surface area contributed by atoms with E-state index in [1.165, 1.54) is 4.90 Å². The maximum absolute atomic E-state index is 12.6. The molecule has 1 unspecified atom stereocenters. The molecule has 1 aliphatic heterocycles. The van der Waals surface area contributed by atoms with Gasteiger partial charge in [-0.05, 0) is 18.2 Å². The molecule has 1 atom stereocenters. The number of carbonyl (C=O) groups is 2. The van der Waals surface area contributed by atoms with Gasteiger partial charge < -0.3 is 15.1 Å². The summed E-state index contributed by atoms with van der Waals surface area (Å²) in [5.74, 6) is -0.319. The zero-order valence-corrected chi connectivity index (χ0v) is 12.2. The number of amides is 2. The van der Waals surface area contributed by atoms with E-state index in [-0.39, 0.29) is 11.8 Å². The van der Waals surface area contributed by atoms with Crippen LogP contribution in [0.2, 0.25) is 0 Å². The van der Waals surface area contributed by atoms with Crippen LogP contribution in [0.5, 0.6) is 0 Å². The van der Waals surface area contributed by atoms with Crippen LogP contribution in [0.1, 0.15) is 15.9 Å². The topological polar surface area (TPSA) is 76.4 Å². The Bertz CT molecular complexity index is 592. The van der Waals surface area contributed by atoms with Gasteiger partial charge in [-0.3, -0.25) is 9.59 Å². The molecule has 0 aliphatic carbocycles. The number of nitriles is 1. The van der Waals surface area contributed by atoms with E-state index in [9.17, 15) is 9.59 Å². The van der Waals surface area contributed by atoms with Gasteiger partial charge in [-0.25, -0.2) is 0 Å². The molecule has 1 heterocycles. The number of hydrogen-bond donors (Lipinski definition) is 1. The zero-order chi connectivity index (χ0) is 15.4. The maximum atomic E-state index is 12.6. The number of likely N-dealkylation sites (N-methyl/N-ethyl adjacent to an activating group) is 1. The molecule has 1 N–H and O–H groups in total.